The number of pyridine rings is 1. The Morgan fingerprint density at radius 3 is 2.76 bits per heavy atom. The van der Waals surface area contributed by atoms with Crippen molar-refractivity contribution >= 4 is 17.6 Å². The minimum Gasteiger partial charge on any atom is -0.466 e. The number of carbonyl (C=O) groups is 1. The van der Waals surface area contributed by atoms with Gasteiger partial charge in [-0.05, 0) is 25.5 Å². The lowest BCUT2D eigenvalue weighted by molar-refractivity contribution is -0.142. The van der Waals surface area contributed by atoms with Crippen molar-refractivity contribution in [3.63, 3.8) is 0 Å². The first kappa shape index (κ1) is 13.8. The first-order valence-electron chi connectivity index (χ1n) is 5.05. The van der Waals surface area contributed by atoms with Crippen LogP contribution in [0.4, 0.5) is 8.78 Å². The molecule has 0 aliphatic rings. The van der Waals surface area contributed by atoms with E-state index in [1.54, 1.807) is 13.8 Å². The normalized spacial score (nSPS) is 10.7. The molecule has 0 spiro atoms. The fraction of sp³-hybridized carbons (Fsp3) is 0.455. The average Bonchev–Trinajstić information content (AvgIpc) is 2.24. The maximum Gasteiger partial charge on any atom is 0.311 e. The van der Waals surface area contributed by atoms with Crippen LogP contribution in [0.25, 0.3) is 0 Å². The van der Waals surface area contributed by atoms with Crippen LogP contribution in [0.3, 0.4) is 0 Å². The molecule has 0 amide bonds. The molecule has 1 aromatic rings. The molecule has 0 radical (unpaired) electrons. The predicted molar refractivity (Wildman–Crippen MR) is 59.3 cm³/mol. The Labute approximate surface area is 103 Å². The molecule has 0 unspecified atom stereocenters. The molecule has 0 aromatic carbocycles. The molecule has 0 atom stereocenters. The van der Waals surface area contributed by atoms with E-state index in [2.05, 4.69) is 4.98 Å². The van der Waals surface area contributed by atoms with Crippen LogP contribution in [0, 0.1) is 6.92 Å². The van der Waals surface area contributed by atoms with Crippen molar-refractivity contribution in [2.45, 2.75) is 26.7 Å². The smallest absolute Gasteiger partial charge is 0.311 e. The van der Waals surface area contributed by atoms with Crippen LogP contribution in [0.5, 0.6) is 0 Å². The maximum atomic E-state index is 12.5. The molecule has 0 saturated carbocycles. The van der Waals surface area contributed by atoms with E-state index in [1.165, 1.54) is 6.07 Å². The van der Waals surface area contributed by atoms with Crippen molar-refractivity contribution in [3.05, 3.63) is 28.0 Å². The number of carbonyl (C=O) groups excluding carboxylic acids is 1. The summed E-state index contributed by atoms with van der Waals surface area (Å²) in [6.07, 6.45) is -2.89. The number of nitrogens with zero attached hydrogens (tertiary/aromatic N) is 1. The van der Waals surface area contributed by atoms with Crippen LogP contribution >= 0.6 is 11.6 Å². The van der Waals surface area contributed by atoms with Crippen LogP contribution in [0.15, 0.2) is 6.07 Å². The fourth-order valence-electron chi connectivity index (χ4n) is 1.33. The Morgan fingerprint density at radius 2 is 2.24 bits per heavy atom. The van der Waals surface area contributed by atoms with E-state index in [1.807, 2.05) is 0 Å². The molecule has 17 heavy (non-hydrogen) atoms. The topological polar surface area (TPSA) is 39.2 Å². The molecule has 0 aliphatic heterocycles. The number of aryl methyl sites for hydroxylation is 1. The van der Waals surface area contributed by atoms with Crippen LogP contribution in [-0.4, -0.2) is 17.6 Å². The number of halogens is 3. The summed E-state index contributed by atoms with van der Waals surface area (Å²) in [4.78, 5) is 14.9. The van der Waals surface area contributed by atoms with Gasteiger partial charge in [-0.25, -0.2) is 13.8 Å². The van der Waals surface area contributed by atoms with Crippen molar-refractivity contribution in [2.24, 2.45) is 0 Å². The van der Waals surface area contributed by atoms with Gasteiger partial charge in [-0.3, -0.25) is 4.79 Å². The van der Waals surface area contributed by atoms with E-state index in [9.17, 15) is 13.6 Å². The van der Waals surface area contributed by atoms with Crippen molar-refractivity contribution in [1.82, 2.24) is 4.98 Å². The van der Waals surface area contributed by atoms with Crippen molar-refractivity contribution in [1.29, 1.82) is 0 Å². The Bertz CT molecular complexity index is 424. The second-order valence-corrected chi connectivity index (χ2v) is 3.79. The molecular formula is C11H12ClF2NO2. The van der Waals surface area contributed by atoms with E-state index in [-0.39, 0.29) is 29.4 Å². The zero-order chi connectivity index (χ0) is 13.0. The minimum absolute atomic E-state index is 0.125. The molecule has 0 N–H and O–H groups in total. The van der Waals surface area contributed by atoms with Crippen LogP contribution in [0.2, 0.25) is 5.02 Å². The van der Waals surface area contributed by atoms with Gasteiger partial charge in [0.05, 0.1) is 23.7 Å². The molecule has 0 fully saturated rings. The Hall–Kier alpha value is -1.23. The summed E-state index contributed by atoms with van der Waals surface area (Å²) in [6, 6.07) is 1.21. The van der Waals surface area contributed by atoms with Gasteiger partial charge >= 0.3 is 5.97 Å². The van der Waals surface area contributed by atoms with Gasteiger partial charge in [0.2, 0.25) is 0 Å². The van der Waals surface area contributed by atoms with Crippen molar-refractivity contribution < 1.29 is 18.3 Å². The average molecular weight is 264 g/mol. The molecule has 0 saturated heterocycles. The largest absolute Gasteiger partial charge is 0.466 e. The Balaban J connectivity index is 3.01. The van der Waals surface area contributed by atoms with Gasteiger partial charge in [0, 0.05) is 0 Å². The molecule has 1 heterocycles. The maximum absolute atomic E-state index is 12.5. The van der Waals surface area contributed by atoms with E-state index in [4.69, 9.17) is 16.3 Å². The zero-order valence-corrected chi connectivity index (χ0v) is 10.2. The second kappa shape index (κ2) is 5.91. The second-order valence-electron chi connectivity index (χ2n) is 3.41. The lowest BCUT2D eigenvalue weighted by Gasteiger charge is -2.09. The third-order valence-electron chi connectivity index (χ3n) is 2.07. The van der Waals surface area contributed by atoms with Gasteiger partial charge < -0.3 is 4.74 Å². The summed E-state index contributed by atoms with van der Waals surface area (Å²) in [7, 11) is 0. The molecular weight excluding hydrogens is 252 g/mol. The molecule has 0 bridgehead atoms. The standard InChI is InChI=1S/C11H12ClF2NO2/c1-3-17-9(16)5-7-10(12)6(2)4-8(15-7)11(13)14/h4,11H,3,5H2,1-2H3. The quantitative estimate of drug-likeness (QED) is 0.784. The first-order valence-corrected chi connectivity index (χ1v) is 5.43. The highest BCUT2D eigenvalue weighted by Gasteiger charge is 2.17. The molecule has 6 heteroatoms. The zero-order valence-electron chi connectivity index (χ0n) is 9.47. The lowest BCUT2D eigenvalue weighted by Crippen LogP contribution is -2.10. The summed E-state index contributed by atoms with van der Waals surface area (Å²) in [6.45, 7) is 3.47. The third kappa shape index (κ3) is 3.63. The number of rotatable bonds is 4. The molecule has 1 aromatic heterocycles. The number of esters is 1. The lowest BCUT2D eigenvalue weighted by atomic mass is 10.1. The molecule has 1 rings (SSSR count). The third-order valence-corrected chi connectivity index (χ3v) is 2.58. The van der Waals surface area contributed by atoms with Crippen LogP contribution in [0.1, 0.15) is 30.3 Å². The summed E-state index contributed by atoms with van der Waals surface area (Å²) in [5.41, 5.74) is 0.211. The van der Waals surface area contributed by atoms with Crippen LogP contribution in [-0.2, 0) is 16.0 Å². The number of alkyl halides is 2. The highest BCUT2D eigenvalue weighted by atomic mass is 35.5. The van der Waals surface area contributed by atoms with Gasteiger partial charge in [0.15, 0.2) is 0 Å². The highest BCUT2D eigenvalue weighted by molar-refractivity contribution is 6.32. The SMILES string of the molecule is CCOC(=O)Cc1nc(C(F)F)cc(C)c1Cl. The first-order chi connectivity index (χ1) is 7.95. The Morgan fingerprint density at radius 1 is 1.59 bits per heavy atom. The fourth-order valence-corrected chi connectivity index (χ4v) is 1.49. The van der Waals surface area contributed by atoms with E-state index in [0.717, 1.165) is 0 Å². The monoisotopic (exact) mass is 263 g/mol. The summed E-state index contributed by atoms with van der Waals surface area (Å²) < 4.78 is 29.8. The van der Waals surface area contributed by atoms with Gasteiger partial charge in [0.25, 0.3) is 6.43 Å². The van der Waals surface area contributed by atoms with Gasteiger partial charge in [-0.1, -0.05) is 11.6 Å². The van der Waals surface area contributed by atoms with E-state index in [0.29, 0.717) is 5.56 Å². The summed E-state index contributed by atoms with van der Waals surface area (Å²) >= 11 is 5.90. The van der Waals surface area contributed by atoms with Gasteiger partial charge in [0.1, 0.15) is 5.69 Å². The Kier molecular flexibility index (Phi) is 4.81. The number of hydrogen-bond donors (Lipinski definition) is 0. The number of hydrogen-bond acceptors (Lipinski definition) is 3. The van der Waals surface area contributed by atoms with E-state index < -0.39 is 12.4 Å². The highest BCUT2D eigenvalue weighted by Crippen LogP contribution is 2.25. The van der Waals surface area contributed by atoms with Gasteiger partial charge in [-0.15, -0.1) is 0 Å². The molecule has 94 valence electrons. The predicted octanol–water partition coefficient (Wildman–Crippen LogP) is 3.09. The summed E-state index contributed by atoms with van der Waals surface area (Å²) in [5, 5.41) is 0.224. The molecule has 3 nitrogen and oxygen atoms in total. The van der Waals surface area contributed by atoms with Crippen LogP contribution < -0.4 is 0 Å². The number of ether oxygens (including phenoxy) is 1. The van der Waals surface area contributed by atoms with E-state index >= 15 is 0 Å². The van der Waals surface area contributed by atoms with Gasteiger partial charge in [-0.2, -0.15) is 0 Å². The summed E-state index contributed by atoms with van der Waals surface area (Å²) in [5.74, 6) is -0.535. The number of aromatic nitrogens is 1. The minimum atomic E-state index is -2.69. The van der Waals surface area contributed by atoms with Crippen molar-refractivity contribution in [2.75, 3.05) is 6.61 Å². The molecule has 0 aliphatic carbocycles. The van der Waals surface area contributed by atoms with Crippen molar-refractivity contribution in [3.8, 4) is 0 Å².